The van der Waals surface area contributed by atoms with Crippen LogP contribution < -0.4 is 9.47 Å². The molecule has 0 amide bonds. The molecule has 5 nitrogen and oxygen atoms in total. The van der Waals surface area contributed by atoms with Gasteiger partial charge in [0.1, 0.15) is 13.2 Å². The SMILES string of the molecule is CCOC(=O)CC(O)CSc1ccc2c(c1)OCCO2. The average molecular weight is 298 g/mol. The van der Waals surface area contributed by atoms with Gasteiger partial charge in [-0.05, 0) is 25.1 Å². The number of aliphatic hydroxyl groups is 1. The van der Waals surface area contributed by atoms with Crippen LogP contribution >= 0.6 is 11.8 Å². The molecule has 0 saturated carbocycles. The molecular weight excluding hydrogens is 280 g/mol. The summed E-state index contributed by atoms with van der Waals surface area (Å²) in [6, 6.07) is 5.65. The highest BCUT2D eigenvalue weighted by molar-refractivity contribution is 7.99. The van der Waals surface area contributed by atoms with Gasteiger partial charge in [0.2, 0.25) is 0 Å². The maximum Gasteiger partial charge on any atom is 0.308 e. The van der Waals surface area contributed by atoms with E-state index in [-0.39, 0.29) is 12.4 Å². The number of carbonyl (C=O) groups excluding carboxylic acids is 1. The maximum absolute atomic E-state index is 11.2. The van der Waals surface area contributed by atoms with Crippen molar-refractivity contribution < 1.29 is 24.1 Å². The summed E-state index contributed by atoms with van der Waals surface area (Å²) < 4.78 is 15.7. The first-order valence-corrected chi connectivity index (χ1v) is 7.53. The number of rotatable bonds is 6. The Bertz CT molecular complexity index is 463. The number of hydrogen-bond acceptors (Lipinski definition) is 6. The van der Waals surface area contributed by atoms with Crippen LogP contribution in [-0.2, 0) is 9.53 Å². The standard InChI is InChI=1S/C14H18O5S/c1-2-17-14(16)7-10(15)9-20-11-3-4-12-13(8-11)19-6-5-18-12/h3-4,8,10,15H,2,5-7,9H2,1H3. The Labute approximate surface area is 122 Å². The summed E-state index contributed by atoms with van der Waals surface area (Å²) in [4.78, 5) is 12.2. The highest BCUT2D eigenvalue weighted by Crippen LogP contribution is 2.34. The Hall–Kier alpha value is -1.40. The molecule has 1 aliphatic heterocycles. The second kappa shape index (κ2) is 7.40. The van der Waals surface area contributed by atoms with Gasteiger partial charge < -0.3 is 19.3 Å². The summed E-state index contributed by atoms with van der Waals surface area (Å²) in [6.07, 6.45) is -0.696. The highest BCUT2D eigenvalue weighted by atomic mass is 32.2. The monoisotopic (exact) mass is 298 g/mol. The summed E-state index contributed by atoms with van der Waals surface area (Å²) in [7, 11) is 0. The second-order valence-electron chi connectivity index (χ2n) is 4.28. The molecule has 1 N–H and O–H groups in total. The van der Waals surface area contributed by atoms with Crippen LogP contribution in [0.2, 0.25) is 0 Å². The predicted molar refractivity (Wildman–Crippen MR) is 75.4 cm³/mol. The van der Waals surface area contributed by atoms with Crippen LogP contribution in [0.25, 0.3) is 0 Å². The lowest BCUT2D eigenvalue weighted by atomic mass is 10.3. The van der Waals surface area contributed by atoms with E-state index in [1.54, 1.807) is 6.92 Å². The normalized spacial score (nSPS) is 14.7. The van der Waals surface area contributed by atoms with Gasteiger partial charge in [0.25, 0.3) is 0 Å². The van der Waals surface area contributed by atoms with Crippen molar-refractivity contribution in [2.75, 3.05) is 25.6 Å². The zero-order valence-electron chi connectivity index (χ0n) is 11.3. The summed E-state index contributed by atoms with van der Waals surface area (Å²) in [5.74, 6) is 1.52. The van der Waals surface area contributed by atoms with Crippen molar-refractivity contribution in [3.05, 3.63) is 18.2 Å². The van der Waals surface area contributed by atoms with E-state index in [0.717, 1.165) is 16.4 Å². The van der Waals surface area contributed by atoms with Crippen LogP contribution in [0.1, 0.15) is 13.3 Å². The molecule has 1 atom stereocenters. The lowest BCUT2D eigenvalue weighted by Crippen LogP contribution is -2.18. The zero-order valence-corrected chi connectivity index (χ0v) is 12.1. The van der Waals surface area contributed by atoms with Gasteiger partial charge in [0.15, 0.2) is 11.5 Å². The van der Waals surface area contributed by atoms with E-state index in [1.165, 1.54) is 11.8 Å². The number of ether oxygens (including phenoxy) is 3. The molecule has 1 heterocycles. The fraction of sp³-hybridized carbons (Fsp3) is 0.500. The van der Waals surface area contributed by atoms with E-state index in [4.69, 9.17) is 14.2 Å². The number of esters is 1. The molecule has 0 saturated heterocycles. The first-order chi connectivity index (χ1) is 9.69. The Morgan fingerprint density at radius 3 is 2.90 bits per heavy atom. The van der Waals surface area contributed by atoms with Gasteiger partial charge >= 0.3 is 5.97 Å². The Balaban J connectivity index is 1.83. The van der Waals surface area contributed by atoms with Gasteiger partial charge in [0.05, 0.1) is 19.1 Å². The Morgan fingerprint density at radius 1 is 1.40 bits per heavy atom. The van der Waals surface area contributed by atoms with Crippen molar-refractivity contribution in [2.45, 2.75) is 24.3 Å². The molecule has 1 aromatic rings. The van der Waals surface area contributed by atoms with E-state index < -0.39 is 6.10 Å². The minimum absolute atomic E-state index is 0.0192. The summed E-state index contributed by atoms with van der Waals surface area (Å²) in [5, 5.41) is 9.77. The lowest BCUT2D eigenvalue weighted by molar-refractivity contribution is -0.144. The number of aliphatic hydroxyl groups excluding tert-OH is 1. The molecular formula is C14H18O5S. The van der Waals surface area contributed by atoms with E-state index >= 15 is 0 Å². The van der Waals surface area contributed by atoms with Gasteiger partial charge in [-0.15, -0.1) is 11.8 Å². The number of carbonyl (C=O) groups is 1. The smallest absolute Gasteiger partial charge is 0.308 e. The number of benzene rings is 1. The maximum atomic E-state index is 11.2. The van der Waals surface area contributed by atoms with Crippen molar-refractivity contribution >= 4 is 17.7 Å². The molecule has 1 aromatic carbocycles. The van der Waals surface area contributed by atoms with Crippen LogP contribution in [0.5, 0.6) is 11.5 Å². The summed E-state index contributed by atoms with van der Waals surface area (Å²) in [6.45, 7) is 3.19. The lowest BCUT2D eigenvalue weighted by Gasteiger charge is -2.19. The molecule has 6 heteroatoms. The van der Waals surface area contributed by atoms with Crippen LogP contribution in [0.15, 0.2) is 23.1 Å². The van der Waals surface area contributed by atoms with E-state index in [2.05, 4.69) is 0 Å². The first-order valence-electron chi connectivity index (χ1n) is 6.55. The largest absolute Gasteiger partial charge is 0.486 e. The molecule has 0 spiro atoms. The van der Waals surface area contributed by atoms with Crippen molar-refractivity contribution in [3.63, 3.8) is 0 Å². The fourth-order valence-corrected chi connectivity index (χ4v) is 2.63. The van der Waals surface area contributed by atoms with Crippen molar-refractivity contribution in [1.29, 1.82) is 0 Å². The molecule has 0 fully saturated rings. The third-order valence-corrected chi connectivity index (χ3v) is 3.80. The van der Waals surface area contributed by atoms with Gasteiger partial charge in [-0.25, -0.2) is 0 Å². The average Bonchev–Trinajstić information content (AvgIpc) is 2.45. The van der Waals surface area contributed by atoms with Crippen molar-refractivity contribution in [1.82, 2.24) is 0 Å². The second-order valence-corrected chi connectivity index (χ2v) is 5.37. The topological polar surface area (TPSA) is 65.0 Å². The van der Waals surface area contributed by atoms with Crippen LogP contribution in [0, 0.1) is 0 Å². The van der Waals surface area contributed by atoms with Gasteiger partial charge in [-0.3, -0.25) is 4.79 Å². The van der Waals surface area contributed by atoms with E-state index in [0.29, 0.717) is 25.6 Å². The van der Waals surface area contributed by atoms with E-state index in [9.17, 15) is 9.90 Å². The van der Waals surface area contributed by atoms with E-state index in [1.807, 2.05) is 18.2 Å². The van der Waals surface area contributed by atoms with Gasteiger partial charge in [-0.2, -0.15) is 0 Å². The molecule has 0 aliphatic carbocycles. The molecule has 20 heavy (non-hydrogen) atoms. The molecule has 110 valence electrons. The molecule has 0 bridgehead atoms. The molecule has 2 rings (SSSR count). The Morgan fingerprint density at radius 2 is 2.15 bits per heavy atom. The third-order valence-electron chi connectivity index (χ3n) is 2.66. The van der Waals surface area contributed by atoms with Gasteiger partial charge in [0, 0.05) is 10.6 Å². The predicted octanol–water partition coefficient (Wildman–Crippen LogP) is 1.86. The minimum Gasteiger partial charge on any atom is -0.486 e. The molecule has 1 unspecified atom stereocenters. The Kier molecular flexibility index (Phi) is 5.55. The van der Waals surface area contributed by atoms with Crippen LogP contribution in [-0.4, -0.2) is 42.8 Å². The molecule has 0 radical (unpaired) electrons. The van der Waals surface area contributed by atoms with Crippen LogP contribution in [0.4, 0.5) is 0 Å². The van der Waals surface area contributed by atoms with Gasteiger partial charge in [-0.1, -0.05) is 0 Å². The summed E-state index contributed by atoms with van der Waals surface area (Å²) >= 11 is 1.47. The fourth-order valence-electron chi connectivity index (χ4n) is 1.78. The van der Waals surface area contributed by atoms with Crippen molar-refractivity contribution in [3.8, 4) is 11.5 Å². The first kappa shape index (κ1) is 15.0. The molecule has 0 aromatic heterocycles. The molecule has 1 aliphatic rings. The van der Waals surface area contributed by atoms with Crippen molar-refractivity contribution in [2.24, 2.45) is 0 Å². The highest BCUT2D eigenvalue weighted by Gasteiger charge is 2.14. The summed E-state index contributed by atoms with van der Waals surface area (Å²) in [5.41, 5.74) is 0. The number of hydrogen-bond donors (Lipinski definition) is 1. The number of thioether (sulfide) groups is 1. The number of fused-ring (bicyclic) bond motifs is 1. The minimum atomic E-state index is -0.716. The quantitative estimate of drug-likeness (QED) is 0.639. The zero-order chi connectivity index (χ0) is 14.4. The third kappa shape index (κ3) is 4.31. The van der Waals surface area contributed by atoms with Crippen LogP contribution in [0.3, 0.4) is 0 Å².